The maximum atomic E-state index is 8.71. The Morgan fingerprint density at radius 2 is 1.67 bits per heavy atom. The van der Waals surface area contributed by atoms with Gasteiger partial charge in [0.25, 0.3) is 0 Å². The van der Waals surface area contributed by atoms with E-state index in [4.69, 9.17) is 5.26 Å². The Kier molecular flexibility index (Phi) is 2.64. The van der Waals surface area contributed by atoms with E-state index in [1.807, 2.05) is 24.3 Å². The van der Waals surface area contributed by atoms with Crippen molar-refractivity contribution in [3.63, 3.8) is 0 Å². The Morgan fingerprint density at radius 3 is 2.13 bits per heavy atom. The van der Waals surface area contributed by atoms with Crippen molar-refractivity contribution in [1.82, 2.24) is 0 Å². The second-order valence-corrected chi connectivity index (χ2v) is 4.52. The smallest absolute Gasteiger partial charge is 0.0991 e. The highest BCUT2D eigenvalue weighted by Crippen LogP contribution is 2.27. The highest BCUT2D eigenvalue weighted by atomic mass is 15.2. The van der Waals surface area contributed by atoms with Gasteiger partial charge in [-0.2, -0.15) is 5.26 Å². The minimum absolute atomic E-state index is 0.735. The zero-order valence-corrected chi connectivity index (χ0v) is 9.27. The largest absolute Gasteiger partial charge is 0.371 e. The molecule has 2 nitrogen and oxygen atoms in total. The fraction of sp³-hybridized carbons (Fsp3) is 0.462. The van der Waals surface area contributed by atoms with Crippen molar-refractivity contribution in [2.24, 2.45) is 11.8 Å². The molecule has 1 saturated heterocycles. The van der Waals surface area contributed by atoms with E-state index in [0.29, 0.717) is 0 Å². The normalized spacial score (nSPS) is 25.3. The summed E-state index contributed by atoms with van der Waals surface area (Å²) in [7, 11) is 0. The third kappa shape index (κ3) is 1.97. The summed E-state index contributed by atoms with van der Waals surface area (Å²) >= 11 is 0. The molecule has 0 saturated carbocycles. The lowest BCUT2D eigenvalue weighted by Crippen LogP contribution is -2.19. The Bertz CT molecular complexity index is 365. The van der Waals surface area contributed by atoms with Gasteiger partial charge in [0.2, 0.25) is 0 Å². The zero-order valence-electron chi connectivity index (χ0n) is 9.27. The van der Waals surface area contributed by atoms with Crippen molar-refractivity contribution >= 4 is 5.69 Å². The molecule has 1 fully saturated rings. The number of rotatable bonds is 1. The standard InChI is InChI=1S/C13H16N2/c1-10-8-15(9-11(10)2)13-5-3-12(7-14)4-6-13/h3-6,10-11H,8-9H2,1-2H3. The number of nitrogens with zero attached hydrogens (tertiary/aromatic N) is 2. The predicted molar refractivity (Wildman–Crippen MR) is 61.7 cm³/mol. The van der Waals surface area contributed by atoms with E-state index in [2.05, 4.69) is 24.8 Å². The second kappa shape index (κ2) is 3.94. The molecule has 15 heavy (non-hydrogen) atoms. The molecule has 1 heterocycles. The Balaban J connectivity index is 2.14. The van der Waals surface area contributed by atoms with Gasteiger partial charge >= 0.3 is 0 Å². The van der Waals surface area contributed by atoms with Crippen LogP contribution in [0.3, 0.4) is 0 Å². The SMILES string of the molecule is CC1CN(c2ccc(C#N)cc2)CC1C. The molecule has 1 aromatic carbocycles. The molecule has 1 aliphatic heterocycles. The lowest BCUT2D eigenvalue weighted by molar-refractivity contribution is 0.494. The van der Waals surface area contributed by atoms with Crippen LogP contribution in [-0.2, 0) is 0 Å². The maximum Gasteiger partial charge on any atom is 0.0991 e. The van der Waals surface area contributed by atoms with Crippen LogP contribution in [0.15, 0.2) is 24.3 Å². The molecule has 0 aromatic heterocycles. The van der Waals surface area contributed by atoms with E-state index in [1.54, 1.807) is 0 Å². The molecule has 2 atom stereocenters. The molecule has 78 valence electrons. The predicted octanol–water partition coefficient (Wildman–Crippen LogP) is 2.65. The third-order valence-corrected chi connectivity index (χ3v) is 3.35. The lowest BCUT2D eigenvalue weighted by Gasteiger charge is -2.18. The van der Waals surface area contributed by atoms with Gasteiger partial charge in [-0.05, 0) is 36.1 Å². The quantitative estimate of drug-likeness (QED) is 0.697. The van der Waals surface area contributed by atoms with Crippen LogP contribution >= 0.6 is 0 Å². The first-order valence-electron chi connectivity index (χ1n) is 5.46. The highest BCUT2D eigenvalue weighted by Gasteiger charge is 2.25. The van der Waals surface area contributed by atoms with E-state index in [-0.39, 0.29) is 0 Å². The molecule has 0 radical (unpaired) electrons. The first kappa shape index (κ1) is 10.0. The van der Waals surface area contributed by atoms with E-state index in [1.165, 1.54) is 5.69 Å². The van der Waals surface area contributed by atoms with Gasteiger partial charge in [0.1, 0.15) is 0 Å². The summed E-state index contributed by atoms with van der Waals surface area (Å²) in [4.78, 5) is 2.40. The average molecular weight is 200 g/mol. The van der Waals surface area contributed by atoms with Gasteiger partial charge in [-0.3, -0.25) is 0 Å². The molecule has 1 aromatic rings. The van der Waals surface area contributed by atoms with E-state index in [9.17, 15) is 0 Å². The van der Waals surface area contributed by atoms with Gasteiger partial charge in [-0.15, -0.1) is 0 Å². The van der Waals surface area contributed by atoms with E-state index >= 15 is 0 Å². The van der Waals surface area contributed by atoms with Crippen molar-refractivity contribution in [1.29, 1.82) is 5.26 Å². The maximum absolute atomic E-state index is 8.71. The van der Waals surface area contributed by atoms with Crippen LogP contribution in [0.1, 0.15) is 19.4 Å². The molecular weight excluding hydrogens is 184 g/mol. The average Bonchev–Trinajstić information content (AvgIpc) is 2.59. The molecule has 0 aliphatic carbocycles. The van der Waals surface area contributed by atoms with Crippen LogP contribution in [0.25, 0.3) is 0 Å². The number of nitriles is 1. The molecule has 0 amide bonds. The Hall–Kier alpha value is -1.49. The summed E-state index contributed by atoms with van der Waals surface area (Å²) < 4.78 is 0. The molecule has 0 N–H and O–H groups in total. The molecular formula is C13H16N2. The molecule has 1 aliphatic rings. The third-order valence-electron chi connectivity index (χ3n) is 3.35. The van der Waals surface area contributed by atoms with E-state index < -0.39 is 0 Å². The minimum Gasteiger partial charge on any atom is -0.371 e. The van der Waals surface area contributed by atoms with Crippen molar-refractivity contribution in [2.75, 3.05) is 18.0 Å². The van der Waals surface area contributed by atoms with Gasteiger partial charge in [0.15, 0.2) is 0 Å². The van der Waals surface area contributed by atoms with Gasteiger partial charge < -0.3 is 4.90 Å². The van der Waals surface area contributed by atoms with Gasteiger partial charge in [0, 0.05) is 18.8 Å². The number of anilines is 1. The van der Waals surface area contributed by atoms with Crippen molar-refractivity contribution in [3.05, 3.63) is 29.8 Å². The molecule has 2 heteroatoms. The van der Waals surface area contributed by atoms with Gasteiger partial charge in [-0.1, -0.05) is 13.8 Å². The van der Waals surface area contributed by atoms with E-state index in [0.717, 1.165) is 30.5 Å². The van der Waals surface area contributed by atoms with Crippen LogP contribution in [0.5, 0.6) is 0 Å². The van der Waals surface area contributed by atoms with Crippen LogP contribution in [0.4, 0.5) is 5.69 Å². The number of hydrogen-bond donors (Lipinski definition) is 0. The van der Waals surface area contributed by atoms with Crippen molar-refractivity contribution in [3.8, 4) is 6.07 Å². The van der Waals surface area contributed by atoms with Crippen molar-refractivity contribution in [2.45, 2.75) is 13.8 Å². The van der Waals surface area contributed by atoms with Crippen LogP contribution in [0, 0.1) is 23.2 Å². The summed E-state index contributed by atoms with van der Waals surface area (Å²) in [6, 6.07) is 10.0. The highest BCUT2D eigenvalue weighted by molar-refractivity contribution is 5.50. The summed E-state index contributed by atoms with van der Waals surface area (Å²) in [6.45, 7) is 6.86. The minimum atomic E-state index is 0.735. The first-order valence-corrected chi connectivity index (χ1v) is 5.46. The Morgan fingerprint density at radius 1 is 1.13 bits per heavy atom. The monoisotopic (exact) mass is 200 g/mol. The fourth-order valence-corrected chi connectivity index (χ4v) is 2.09. The van der Waals surface area contributed by atoms with Crippen LogP contribution < -0.4 is 4.90 Å². The summed E-state index contributed by atoms with van der Waals surface area (Å²) in [6.07, 6.45) is 0. The molecule has 0 bridgehead atoms. The summed E-state index contributed by atoms with van der Waals surface area (Å²) in [5.41, 5.74) is 1.98. The number of benzene rings is 1. The zero-order chi connectivity index (χ0) is 10.8. The summed E-state index contributed by atoms with van der Waals surface area (Å²) in [5, 5.41) is 8.71. The Labute approximate surface area is 91.1 Å². The fourth-order valence-electron chi connectivity index (χ4n) is 2.09. The molecule has 2 rings (SSSR count). The molecule has 2 unspecified atom stereocenters. The lowest BCUT2D eigenvalue weighted by atomic mass is 10.0. The summed E-state index contributed by atoms with van der Waals surface area (Å²) in [5.74, 6) is 1.53. The molecule has 0 spiro atoms. The van der Waals surface area contributed by atoms with Gasteiger partial charge in [0.05, 0.1) is 11.6 Å². The van der Waals surface area contributed by atoms with Crippen LogP contribution in [-0.4, -0.2) is 13.1 Å². The van der Waals surface area contributed by atoms with Crippen LogP contribution in [0.2, 0.25) is 0 Å². The topological polar surface area (TPSA) is 27.0 Å². The van der Waals surface area contributed by atoms with Gasteiger partial charge in [-0.25, -0.2) is 0 Å². The number of hydrogen-bond acceptors (Lipinski definition) is 2. The van der Waals surface area contributed by atoms with Crippen molar-refractivity contribution < 1.29 is 0 Å². The first-order chi connectivity index (χ1) is 7.20. The second-order valence-electron chi connectivity index (χ2n) is 4.52.